The van der Waals surface area contributed by atoms with Gasteiger partial charge < -0.3 is 0 Å². The molecule has 0 unspecified atom stereocenters. The normalized spacial score (nSPS) is 11.8. The van der Waals surface area contributed by atoms with Gasteiger partial charge in [0.15, 0.2) is 0 Å². The Kier molecular flexibility index (Phi) is 8.73. The van der Waals surface area contributed by atoms with Crippen molar-refractivity contribution in [1.82, 2.24) is 0 Å². The number of hydrogen-bond acceptors (Lipinski definition) is 0. The minimum Gasteiger partial charge on any atom is -0.0669 e. The van der Waals surface area contributed by atoms with Gasteiger partial charge in [0.1, 0.15) is 2.97 Å². The van der Waals surface area contributed by atoms with Crippen molar-refractivity contribution in [3.63, 3.8) is 0 Å². The van der Waals surface area contributed by atoms with E-state index in [1.54, 1.807) is 0 Å². The average molecular weight is 584 g/mol. The molecule has 0 aromatic heterocycles. The monoisotopic (exact) mass is 582 g/mol. The van der Waals surface area contributed by atoms with Gasteiger partial charge in [-0.25, -0.2) is 0 Å². The smallest absolute Gasteiger partial charge is 0.0669 e. The Bertz CT molecular complexity index is 992. The fraction of sp³-hybridized carbons (Fsp3) is 0.143. The average Bonchev–Trinajstić information content (AvgIpc) is 2.84. The van der Waals surface area contributed by atoms with Crippen LogP contribution in [0.1, 0.15) is 12.8 Å². The first kappa shape index (κ1) is 23.8. The van der Waals surface area contributed by atoms with Gasteiger partial charge in [-0.05, 0) is 56.1 Å². The molecule has 4 aromatic rings. The van der Waals surface area contributed by atoms with Gasteiger partial charge in [0.2, 0.25) is 0 Å². The summed E-state index contributed by atoms with van der Waals surface area (Å²) >= 11 is 8.27. The van der Waals surface area contributed by atoms with E-state index >= 15 is 0 Å². The molecule has 32 heavy (non-hydrogen) atoms. The second-order valence-electron chi connectivity index (χ2n) is 7.60. The van der Waals surface area contributed by atoms with Crippen molar-refractivity contribution in [3.8, 4) is 0 Å². The fourth-order valence-corrected chi connectivity index (χ4v) is 11.6. The SMILES string of the molecule is BrC(Br)(CCCP(c1ccccc1)c1ccccc1)P(c1ccccc1)c1ccccc1. The summed E-state index contributed by atoms with van der Waals surface area (Å²) in [6.07, 6.45) is 3.38. The highest BCUT2D eigenvalue weighted by Crippen LogP contribution is 2.59. The van der Waals surface area contributed by atoms with Crippen LogP contribution in [0, 0.1) is 0 Å². The predicted molar refractivity (Wildman–Crippen MR) is 153 cm³/mol. The second kappa shape index (κ2) is 11.7. The maximum Gasteiger partial charge on any atom is 0.108 e. The largest absolute Gasteiger partial charge is 0.108 e. The molecule has 0 saturated carbocycles. The van der Waals surface area contributed by atoms with E-state index in [1.807, 2.05) is 0 Å². The molecular formula is C28H26Br2P2. The molecule has 4 aromatic carbocycles. The Morgan fingerprint density at radius 2 is 0.844 bits per heavy atom. The summed E-state index contributed by atoms with van der Waals surface area (Å²) in [7, 11) is -0.959. The Labute approximate surface area is 211 Å². The molecule has 0 nitrogen and oxygen atoms in total. The predicted octanol–water partition coefficient (Wildman–Crippen LogP) is 7.48. The molecule has 0 spiro atoms. The second-order valence-corrected chi connectivity index (χ2v) is 17.4. The first-order valence-electron chi connectivity index (χ1n) is 10.8. The first-order chi connectivity index (χ1) is 15.6. The highest BCUT2D eigenvalue weighted by molar-refractivity contribution is 9.27. The van der Waals surface area contributed by atoms with Crippen molar-refractivity contribution in [2.24, 2.45) is 0 Å². The lowest BCUT2D eigenvalue weighted by Crippen LogP contribution is -2.25. The van der Waals surface area contributed by atoms with Gasteiger partial charge in [-0.2, -0.15) is 0 Å². The summed E-state index contributed by atoms with van der Waals surface area (Å²) in [5, 5.41) is 5.68. The summed E-state index contributed by atoms with van der Waals surface area (Å²) < 4.78 is -0.146. The van der Waals surface area contributed by atoms with E-state index in [4.69, 9.17) is 0 Å². The van der Waals surface area contributed by atoms with Crippen LogP contribution in [0.15, 0.2) is 121 Å². The molecule has 0 radical (unpaired) electrons. The van der Waals surface area contributed by atoms with Gasteiger partial charge in [0.25, 0.3) is 0 Å². The summed E-state index contributed by atoms with van der Waals surface area (Å²) in [5.41, 5.74) is 0. The molecule has 4 heteroatoms. The van der Waals surface area contributed by atoms with E-state index in [2.05, 4.69) is 153 Å². The lowest BCUT2D eigenvalue weighted by molar-refractivity contribution is 0.860. The Hall–Kier alpha value is -1.30. The molecule has 0 bridgehead atoms. The zero-order chi connectivity index (χ0) is 22.2. The van der Waals surface area contributed by atoms with Gasteiger partial charge in [-0.3, -0.25) is 0 Å². The number of hydrogen-bond donors (Lipinski definition) is 0. The van der Waals surface area contributed by atoms with Crippen molar-refractivity contribution >= 4 is 68.9 Å². The van der Waals surface area contributed by atoms with Crippen LogP contribution in [-0.4, -0.2) is 9.14 Å². The topological polar surface area (TPSA) is 0 Å². The van der Waals surface area contributed by atoms with E-state index in [1.165, 1.54) is 27.4 Å². The molecule has 0 heterocycles. The van der Waals surface area contributed by atoms with E-state index in [0.29, 0.717) is 0 Å². The third-order valence-electron chi connectivity index (χ3n) is 5.35. The van der Waals surface area contributed by atoms with E-state index in [-0.39, 0.29) is 10.9 Å². The quantitative estimate of drug-likeness (QED) is 0.142. The van der Waals surface area contributed by atoms with Crippen molar-refractivity contribution in [1.29, 1.82) is 0 Å². The molecule has 0 amide bonds. The van der Waals surface area contributed by atoms with Crippen LogP contribution in [-0.2, 0) is 0 Å². The summed E-state index contributed by atoms with van der Waals surface area (Å²) in [5.74, 6) is 0. The number of alkyl halides is 2. The van der Waals surface area contributed by atoms with Crippen LogP contribution in [0.25, 0.3) is 0 Å². The van der Waals surface area contributed by atoms with Crippen LogP contribution in [0.5, 0.6) is 0 Å². The van der Waals surface area contributed by atoms with Crippen LogP contribution >= 0.6 is 47.7 Å². The van der Waals surface area contributed by atoms with Gasteiger partial charge in [0, 0.05) is 0 Å². The third kappa shape index (κ3) is 6.18. The first-order valence-corrected chi connectivity index (χ1v) is 15.3. The lowest BCUT2D eigenvalue weighted by atomic mass is 10.4. The Morgan fingerprint density at radius 3 is 1.22 bits per heavy atom. The fourth-order valence-electron chi connectivity index (χ4n) is 3.87. The number of halogens is 2. The van der Waals surface area contributed by atoms with Crippen LogP contribution in [0.2, 0.25) is 0 Å². The van der Waals surface area contributed by atoms with Crippen LogP contribution in [0.4, 0.5) is 0 Å². The van der Waals surface area contributed by atoms with E-state index in [9.17, 15) is 0 Å². The van der Waals surface area contributed by atoms with Gasteiger partial charge in [-0.15, -0.1) is 0 Å². The highest BCUT2D eigenvalue weighted by atomic mass is 79.9. The molecule has 162 valence electrons. The van der Waals surface area contributed by atoms with Gasteiger partial charge >= 0.3 is 0 Å². The molecule has 0 N–H and O–H groups in total. The maximum absolute atomic E-state index is 4.14. The molecule has 4 rings (SSSR count). The molecule has 0 aliphatic rings. The lowest BCUT2D eigenvalue weighted by Gasteiger charge is -2.33. The zero-order valence-electron chi connectivity index (χ0n) is 17.8. The molecule has 0 saturated heterocycles. The minimum absolute atomic E-state index is 0.146. The Balaban J connectivity index is 1.55. The highest BCUT2D eigenvalue weighted by Gasteiger charge is 2.35. The number of rotatable bonds is 9. The summed E-state index contributed by atoms with van der Waals surface area (Å²) in [6, 6.07) is 43.8. The van der Waals surface area contributed by atoms with Gasteiger partial charge in [-0.1, -0.05) is 153 Å². The Morgan fingerprint density at radius 1 is 0.500 bits per heavy atom. The zero-order valence-corrected chi connectivity index (χ0v) is 22.8. The molecule has 0 aliphatic heterocycles. The molecule has 0 fully saturated rings. The van der Waals surface area contributed by atoms with Gasteiger partial charge in [0.05, 0.1) is 0 Å². The molecular weight excluding hydrogens is 558 g/mol. The maximum atomic E-state index is 4.14. The van der Waals surface area contributed by atoms with E-state index < -0.39 is 7.92 Å². The standard InChI is InChI=1S/C28H26Br2P2/c29-28(30,32(26-18-9-3-10-19-26)27-20-11-4-12-21-27)22-13-23-31(24-14-5-1-6-15-24)25-16-7-2-8-17-25/h1-12,14-21H,13,22-23H2. The molecule has 0 atom stereocenters. The van der Waals surface area contributed by atoms with Crippen molar-refractivity contribution < 1.29 is 0 Å². The van der Waals surface area contributed by atoms with Crippen molar-refractivity contribution in [2.45, 2.75) is 15.8 Å². The molecule has 0 aliphatic carbocycles. The van der Waals surface area contributed by atoms with Crippen molar-refractivity contribution in [3.05, 3.63) is 121 Å². The van der Waals surface area contributed by atoms with Crippen molar-refractivity contribution in [2.75, 3.05) is 6.16 Å². The van der Waals surface area contributed by atoms with Crippen LogP contribution in [0.3, 0.4) is 0 Å². The number of benzene rings is 4. The van der Waals surface area contributed by atoms with Crippen LogP contribution < -0.4 is 21.2 Å². The summed E-state index contributed by atoms with van der Waals surface area (Å²) in [4.78, 5) is 0. The summed E-state index contributed by atoms with van der Waals surface area (Å²) in [6.45, 7) is 0. The third-order valence-corrected chi connectivity index (χ3v) is 13.4. The minimum atomic E-state index is -0.593. The van der Waals surface area contributed by atoms with E-state index in [0.717, 1.165) is 12.8 Å².